The van der Waals surface area contributed by atoms with Crippen molar-refractivity contribution in [1.82, 2.24) is 15.2 Å². The number of amides is 3. The highest BCUT2D eigenvalue weighted by molar-refractivity contribution is 7.13. The van der Waals surface area contributed by atoms with Crippen molar-refractivity contribution in [2.24, 2.45) is 0 Å². The van der Waals surface area contributed by atoms with Crippen LogP contribution in [0.15, 0.2) is 23.6 Å². The molecular weight excluding hydrogens is 390 g/mol. The molecule has 3 amide bonds. The van der Waals surface area contributed by atoms with Gasteiger partial charge < -0.3 is 14.8 Å². The predicted octanol–water partition coefficient (Wildman–Crippen LogP) is 4.22. The molecule has 0 bridgehead atoms. The van der Waals surface area contributed by atoms with E-state index in [0.29, 0.717) is 30.2 Å². The average Bonchev–Trinajstić information content (AvgIpc) is 3.26. The number of unbranched alkanes of at least 4 members (excludes halogenated alkanes) is 1. The van der Waals surface area contributed by atoms with E-state index in [4.69, 9.17) is 9.47 Å². The lowest BCUT2D eigenvalue weighted by atomic mass is 9.95. The SMILES string of the molecule is CCCC[C@]1(C)NC(=O)N(Cc2csc(-c3ccc(OCC)c(OC)c3)n2)C1=O. The van der Waals surface area contributed by atoms with Crippen molar-refractivity contribution in [3.05, 3.63) is 29.3 Å². The van der Waals surface area contributed by atoms with E-state index >= 15 is 0 Å². The third kappa shape index (κ3) is 4.37. The molecule has 3 rings (SSSR count). The Labute approximate surface area is 175 Å². The first-order valence-electron chi connectivity index (χ1n) is 9.81. The first-order chi connectivity index (χ1) is 13.9. The number of hydrogen-bond acceptors (Lipinski definition) is 6. The molecule has 0 saturated carbocycles. The molecule has 0 aliphatic carbocycles. The number of nitrogens with zero attached hydrogens (tertiary/aromatic N) is 2. The minimum atomic E-state index is -0.825. The summed E-state index contributed by atoms with van der Waals surface area (Å²) in [5, 5.41) is 5.51. The van der Waals surface area contributed by atoms with Crippen LogP contribution in [0.25, 0.3) is 10.6 Å². The molecule has 1 aromatic carbocycles. The average molecular weight is 418 g/mol. The van der Waals surface area contributed by atoms with E-state index in [2.05, 4.69) is 17.2 Å². The smallest absolute Gasteiger partial charge is 0.325 e. The van der Waals surface area contributed by atoms with E-state index in [-0.39, 0.29) is 18.5 Å². The number of carbonyl (C=O) groups is 2. The van der Waals surface area contributed by atoms with Crippen LogP contribution in [-0.2, 0) is 11.3 Å². The lowest BCUT2D eigenvalue weighted by molar-refractivity contribution is -0.131. The Morgan fingerprint density at radius 1 is 1.24 bits per heavy atom. The van der Waals surface area contributed by atoms with Gasteiger partial charge in [0.2, 0.25) is 0 Å². The number of benzene rings is 1. The summed E-state index contributed by atoms with van der Waals surface area (Å²) < 4.78 is 11.0. The second-order valence-corrected chi connectivity index (χ2v) is 8.06. The molecule has 1 saturated heterocycles. The van der Waals surface area contributed by atoms with Crippen molar-refractivity contribution in [2.45, 2.75) is 52.1 Å². The van der Waals surface area contributed by atoms with E-state index in [1.807, 2.05) is 30.5 Å². The van der Waals surface area contributed by atoms with Gasteiger partial charge in [-0.3, -0.25) is 9.69 Å². The number of hydrogen-bond donors (Lipinski definition) is 1. The van der Waals surface area contributed by atoms with Gasteiger partial charge in [0.25, 0.3) is 5.91 Å². The molecule has 1 aliphatic heterocycles. The fourth-order valence-corrected chi connectivity index (χ4v) is 4.15. The molecule has 1 N–H and O–H groups in total. The van der Waals surface area contributed by atoms with Crippen LogP contribution in [0.5, 0.6) is 11.5 Å². The maximum atomic E-state index is 12.8. The fourth-order valence-electron chi connectivity index (χ4n) is 3.34. The molecule has 0 radical (unpaired) electrons. The van der Waals surface area contributed by atoms with Gasteiger partial charge in [-0.25, -0.2) is 9.78 Å². The minimum Gasteiger partial charge on any atom is -0.493 e. The topological polar surface area (TPSA) is 80.8 Å². The standard InChI is InChI=1S/C21H27N3O4S/c1-5-7-10-21(3)19(25)24(20(26)23-21)12-15-13-29-18(22-15)14-8-9-16(28-6-2)17(11-14)27-4/h8-9,11,13H,5-7,10,12H2,1-4H3,(H,23,26)/t21-/m0/s1. The van der Waals surface area contributed by atoms with Gasteiger partial charge in [0.1, 0.15) is 10.5 Å². The van der Waals surface area contributed by atoms with Crippen LogP contribution in [-0.4, -0.2) is 41.1 Å². The summed E-state index contributed by atoms with van der Waals surface area (Å²) >= 11 is 1.46. The number of rotatable bonds is 9. The Morgan fingerprint density at radius 2 is 2.03 bits per heavy atom. The van der Waals surface area contributed by atoms with Gasteiger partial charge in [-0.2, -0.15) is 0 Å². The highest BCUT2D eigenvalue weighted by Gasteiger charge is 2.47. The maximum Gasteiger partial charge on any atom is 0.325 e. The monoisotopic (exact) mass is 417 g/mol. The zero-order chi connectivity index (χ0) is 21.0. The van der Waals surface area contributed by atoms with Crippen LogP contribution in [0.3, 0.4) is 0 Å². The van der Waals surface area contributed by atoms with Gasteiger partial charge in [0.05, 0.1) is 26.0 Å². The molecule has 1 aliphatic rings. The molecule has 0 unspecified atom stereocenters. The lowest BCUT2D eigenvalue weighted by Crippen LogP contribution is -2.43. The summed E-state index contributed by atoms with van der Waals surface area (Å²) in [6.45, 7) is 6.50. The van der Waals surface area contributed by atoms with E-state index in [1.165, 1.54) is 16.2 Å². The molecule has 2 aromatic rings. The van der Waals surface area contributed by atoms with E-state index in [0.717, 1.165) is 23.4 Å². The Morgan fingerprint density at radius 3 is 2.72 bits per heavy atom. The summed E-state index contributed by atoms with van der Waals surface area (Å²) in [7, 11) is 1.60. The van der Waals surface area contributed by atoms with Gasteiger partial charge >= 0.3 is 6.03 Å². The summed E-state index contributed by atoms with van der Waals surface area (Å²) in [6, 6.07) is 5.30. The molecule has 1 fully saturated rings. The maximum absolute atomic E-state index is 12.8. The number of carbonyl (C=O) groups excluding carboxylic acids is 2. The van der Waals surface area contributed by atoms with Crippen LogP contribution in [0, 0.1) is 0 Å². The predicted molar refractivity (Wildman–Crippen MR) is 112 cm³/mol. The Bertz CT molecular complexity index is 898. The van der Waals surface area contributed by atoms with Crippen molar-refractivity contribution >= 4 is 23.3 Å². The van der Waals surface area contributed by atoms with Crippen molar-refractivity contribution < 1.29 is 19.1 Å². The summed E-state index contributed by atoms with van der Waals surface area (Å²) in [5.74, 6) is 1.14. The van der Waals surface area contributed by atoms with Crippen molar-refractivity contribution in [3.8, 4) is 22.1 Å². The molecule has 29 heavy (non-hydrogen) atoms. The first kappa shape index (κ1) is 21.1. The summed E-state index contributed by atoms with van der Waals surface area (Å²) in [4.78, 5) is 31.0. The number of thiazole rings is 1. The second kappa shape index (κ2) is 8.82. The van der Waals surface area contributed by atoms with Gasteiger partial charge in [-0.05, 0) is 38.5 Å². The highest BCUT2D eigenvalue weighted by Crippen LogP contribution is 2.34. The number of aromatic nitrogens is 1. The van der Waals surface area contributed by atoms with Gasteiger partial charge in [-0.1, -0.05) is 19.8 Å². The normalized spacial score (nSPS) is 18.8. The molecule has 8 heteroatoms. The Kier molecular flexibility index (Phi) is 6.42. The third-order valence-corrected chi connectivity index (χ3v) is 5.90. The van der Waals surface area contributed by atoms with Crippen molar-refractivity contribution in [3.63, 3.8) is 0 Å². The van der Waals surface area contributed by atoms with E-state index < -0.39 is 5.54 Å². The van der Waals surface area contributed by atoms with Gasteiger partial charge in [0.15, 0.2) is 11.5 Å². The van der Waals surface area contributed by atoms with Crippen LogP contribution in [0.4, 0.5) is 4.79 Å². The van der Waals surface area contributed by atoms with Crippen LogP contribution < -0.4 is 14.8 Å². The largest absolute Gasteiger partial charge is 0.493 e. The van der Waals surface area contributed by atoms with Crippen LogP contribution in [0.2, 0.25) is 0 Å². The van der Waals surface area contributed by atoms with Crippen molar-refractivity contribution in [2.75, 3.05) is 13.7 Å². The molecule has 7 nitrogen and oxygen atoms in total. The van der Waals surface area contributed by atoms with E-state index in [1.54, 1.807) is 14.0 Å². The van der Waals surface area contributed by atoms with Gasteiger partial charge in [0, 0.05) is 10.9 Å². The first-order valence-corrected chi connectivity index (χ1v) is 10.7. The Balaban J connectivity index is 1.75. The molecular formula is C21H27N3O4S. The zero-order valence-corrected chi connectivity index (χ0v) is 18.1. The molecule has 2 heterocycles. The second-order valence-electron chi connectivity index (χ2n) is 7.20. The zero-order valence-electron chi connectivity index (χ0n) is 17.3. The summed E-state index contributed by atoms with van der Waals surface area (Å²) in [6.07, 6.45) is 2.50. The molecule has 1 atom stereocenters. The number of methoxy groups -OCH3 is 1. The number of imide groups is 1. The number of ether oxygens (including phenoxy) is 2. The third-order valence-electron chi connectivity index (χ3n) is 4.96. The number of nitrogens with one attached hydrogen (secondary N) is 1. The minimum absolute atomic E-state index is 0.164. The van der Waals surface area contributed by atoms with E-state index in [9.17, 15) is 9.59 Å². The van der Waals surface area contributed by atoms with Gasteiger partial charge in [-0.15, -0.1) is 11.3 Å². The quantitative estimate of drug-likeness (QED) is 0.618. The molecule has 156 valence electrons. The Hall–Kier alpha value is -2.61. The van der Waals surface area contributed by atoms with Crippen LogP contribution >= 0.6 is 11.3 Å². The van der Waals surface area contributed by atoms with Crippen molar-refractivity contribution in [1.29, 1.82) is 0 Å². The highest BCUT2D eigenvalue weighted by atomic mass is 32.1. The summed E-state index contributed by atoms with van der Waals surface area (Å²) in [5.41, 5.74) is 0.752. The molecule has 1 aromatic heterocycles. The van der Waals surface area contributed by atoms with Crippen LogP contribution in [0.1, 0.15) is 45.7 Å². The number of urea groups is 1. The molecule has 0 spiro atoms. The fraction of sp³-hybridized carbons (Fsp3) is 0.476. The lowest BCUT2D eigenvalue weighted by Gasteiger charge is -2.21.